The van der Waals surface area contributed by atoms with Gasteiger partial charge in [-0.3, -0.25) is 0 Å². The van der Waals surface area contributed by atoms with E-state index in [1.54, 1.807) is 0 Å². The van der Waals surface area contributed by atoms with E-state index in [1.165, 1.54) is 25.9 Å². The van der Waals surface area contributed by atoms with Crippen LogP contribution in [0, 0.1) is 6.92 Å². The van der Waals surface area contributed by atoms with Crippen LogP contribution in [0.2, 0.25) is 0 Å². The third-order valence-corrected chi connectivity index (χ3v) is 3.49. The minimum Gasteiger partial charge on any atom is -0.334 e. The summed E-state index contributed by atoms with van der Waals surface area (Å²) in [5.41, 5.74) is 0. The zero-order valence-electron chi connectivity index (χ0n) is 10.3. The second-order valence-electron chi connectivity index (χ2n) is 4.60. The number of aromatic nitrogens is 2. The monoisotopic (exact) mass is 222 g/mol. The van der Waals surface area contributed by atoms with Crippen LogP contribution < -0.4 is 5.32 Å². The number of nitrogens with zero attached hydrogens (tertiary/aromatic N) is 3. The lowest BCUT2D eigenvalue weighted by Crippen LogP contribution is -2.45. The van der Waals surface area contributed by atoms with Gasteiger partial charge in [-0.2, -0.15) is 0 Å². The van der Waals surface area contributed by atoms with Crippen LogP contribution in [0.25, 0.3) is 0 Å². The Morgan fingerprint density at radius 3 is 3.06 bits per heavy atom. The first-order valence-electron chi connectivity index (χ1n) is 6.17. The van der Waals surface area contributed by atoms with Crippen LogP contribution in [0.3, 0.4) is 0 Å². The van der Waals surface area contributed by atoms with Crippen molar-refractivity contribution in [3.63, 3.8) is 0 Å². The molecule has 1 atom stereocenters. The van der Waals surface area contributed by atoms with E-state index in [0.29, 0.717) is 6.04 Å². The predicted octanol–water partition coefficient (Wildman–Crippen LogP) is 0.875. The minimum absolute atomic E-state index is 0.678. The fraction of sp³-hybridized carbons (Fsp3) is 0.750. The molecule has 16 heavy (non-hydrogen) atoms. The highest BCUT2D eigenvalue weighted by atomic mass is 15.2. The number of hydrogen-bond acceptors (Lipinski definition) is 3. The molecule has 0 spiro atoms. The van der Waals surface area contributed by atoms with Gasteiger partial charge in [0.25, 0.3) is 0 Å². The lowest BCUT2D eigenvalue weighted by atomic mass is 10.1. The summed E-state index contributed by atoms with van der Waals surface area (Å²) in [7, 11) is 2.06. The van der Waals surface area contributed by atoms with Gasteiger partial charge >= 0.3 is 0 Å². The summed E-state index contributed by atoms with van der Waals surface area (Å²) in [6.45, 7) is 6.68. The van der Waals surface area contributed by atoms with Crippen molar-refractivity contribution >= 4 is 0 Å². The zero-order valence-corrected chi connectivity index (χ0v) is 10.3. The summed E-state index contributed by atoms with van der Waals surface area (Å²) in [4.78, 5) is 6.79. The first-order valence-corrected chi connectivity index (χ1v) is 6.17. The minimum atomic E-state index is 0.678. The first-order chi connectivity index (χ1) is 7.79. The van der Waals surface area contributed by atoms with Crippen molar-refractivity contribution in [3.05, 3.63) is 18.2 Å². The third-order valence-electron chi connectivity index (χ3n) is 3.49. The second kappa shape index (κ2) is 5.46. The summed E-state index contributed by atoms with van der Waals surface area (Å²) < 4.78 is 2.23. The fourth-order valence-electron chi connectivity index (χ4n) is 2.38. The van der Waals surface area contributed by atoms with Gasteiger partial charge in [-0.1, -0.05) is 0 Å². The predicted molar refractivity (Wildman–Crippen MR) is 65.5 cm³/mol. The maximum atomic E-state index is 4.24. The molecule has 90 valence electrons. The largest absolute Gasteiger partial charge is 0.334 e. The van der Waals surface area contributed by atoms with Gasteiger partial charge in [-0.25, -0.2) is 4.98 Å². The van der Waals surface area contributed by atoms with E-state index in [-0.39, 0.29) is 0 Å². The zero-order chi connectivity index (χ0) is 11.4. The molecule has 1 N–H and O–H groups in total. The van der Waals surface area contributed by atoms with Crippen molar-refractivity contribution in [2.24, 2.45) is 0 Å². The van der Waals surface area contributed by atoms with Gasteiger partial charge in [0.1, 0.15) is 5.82 Å². The molecular formula is C12H22N4. The maximum absolute atomic E-state index is 4.24. The highest BCUT2D eigenvalue weighted by Crippen LogP contribution is 2.09. The number of likely N-dealkylation sites (tertiary alicyclic amines) is 1. The number of rotatable bonds is 4. The van der Waals surface area contributed by atoms with E-state index in [0.717, 1.165) is 18.9 Å². The van der Waals surface area contributed by atoms with E-state index < -0.39 is 0 Å². The Kier molecular flexibility index (Phi) is 3.96. The molecule has 1 aromatic heterocycles. The van der Waals surface area contributed by atoms with E-state index in [9.17, 15) is 0 Å². The molecule has 2 heterocycles. The molecule has 0 aliphatic carbocycles. The quantitative estimate of drug-likeness (QED) is 0.821. The normalized spacial score (nSPS) is 22.5. The molecular weight excluding hydrogens is 200 g/mol. The van der Waals surface area contributed by atoms with Gasteiger partial charge in [0.15, 0.2) is 0 Å². The van der Waals surface area contributed by atoms with Crippen molar-refractivity contribution in [1.29, 1.82) is 0 Å². The molecule has 0 aromatic carbocycles. The summed E-state index contributed by atoms with van der Waals surface area (Å²) >= 11 is 0. The summed E-state index contributed by atoms with van der Waals surface area (Å²) in [6, 6.07) is 0.678. The Labute approximate surface area is 97.7 Å². The lowest BCUT2D eigenvalue weighted by Gasteiger charge is -2.32. The molecule has 0 amide bonds. The molecule has 1 aromatic rings. The number of aryl methyl sites for hydroxylation is 1. The van der Waals surface area contributed by atoms with Gasteiger partial charge in [-0.15, -0.1) is 0 Å². The van der Waals surface area contributed by atoms with E-state index >= 15 is 0 Å². The number of piperidine rings is 1. The molecule has 0 radical (unpaired) electrons. The second-order valence-corrected chi connectivity index (χ2v) is 4.60. The van der Waals surface area contributed by atoms with Crippen molar-refractivity contribution in [2.45, 2.75) is 32.4 Å². The van der Waals surface area contributed by atoms with Crippen LogP contribution in [0.15, 0.2) is 12.4 Å². The van der Waals surface area contributed by atoms with Gasteiger partial charge in [-0.05, 0) is 33.4 Å². The van der Waals surface area contributed by atoms with Gasteiger partial charge in [0.2, 0.25) is 0 Å². The molecule has 1 aliphatic rings. The summed E-state index contributed by atoms with van der Waals surface area (Å²) in [6.07, 6.45) is 6.57. The van der Waals surface area contributed by atoms with Gasteiger partial charge in [0, 0.05) is 38.1 Å². The van der Waals surface area contributed by atoms with E-state index in [1.807, 2.05) is 6.20 Å². The van der Waals surface area contributed by atoms with E-state index in [4.69, 9.17) is 0 Å². The molecule has 0 bridgehead atoms. The standard InChI is InChI=1S/C12H22N4/c1-11-14-5-7-16(11)9-8-15-6-3-4-12(10-15)13-2/h5,7,12-13H,3-4,6,8-10H2,1-2H3. The molecule has 0 saturated carbocycles. The van der Waals surface area contributed by atoms with Crippen LogP contribution in [-0.2, 0) is 6.54 Å². The average Bonchev–Trinajstić information content (AvgIpc) is 2.72. The van der Waals surface area contributed by atoms with Crippen LogP contribution in [0.5, 0.6) is 0 Å². The molecule has 1 aliphatic heterocycles. The summed E-state index contributed by atoms with van der Waals surface area (Å²) in [5.74, 6) is 1.11. The highest BCUT2D eigenvalue weighted by Gasteiger charge is 2.17. The Morgan fingerprint density at radius 1 is 1.50 bits per heavy atom. The van der Waals surface area contributed by atoms with Crippen LogP contribution >= 0.6 is 0 Å². The highest BCUT2D eigenvalue weighted by molar-refractivity contribution is 4.88. The molecule has 1 saturated heterocycles. The molecule has 1 unspecified atom stereocenters. The molecule has 4 heteroatoms. The summed E-state index contributed by atoms with van der Waals surface area (Å²) in [5, 5.41) is 3.38. The molecule has 2 rings (SSSR count). The number of likely N-dealkylation sites (N-methyl/N-ethyl adjacent to an activating group) is 1. The van der Waals surface area contributed by atoms with E-state index in [2.05, 4.69) is 39.9 Å². The topological polar surface area (TPSA) is 33.1 Å². The first kappa shape index (κ1) is 11.6. The Balaban J connectivity index is 1.79. The lowest BCUT2D eigenvalue weighted by molar-refractivity contribution is 0.189. The number of imidazole rings is 1. The van der Waals surface area contributed by atoms with Crippen LogP contribution in [-0.4, -0.2) is 47.2 Å². The Hall–Kier alpha value is -0.870. The van der Waals surface area contributed by atoms with Crippen molar-refractivity contribution < 1.29 is 0 Å². The number of nitrogens with one attached hydrogen (secondary N) is 1. The van der Waals surface area contributed by atoms with Gasteiger partial charge in [0.05, 0.1) is 0 Å². The average molecular weight is 222 g/mol. The van der Waals surface area contributed by atoms with Crippen LogP contribution in [0.1, 0.15) is 18.7 Å². The number of hydrogen-bond donors (Lipinski definition) is 1. The Morgan fingerprint density at radius 2 is 2.38 bits per heavy atom. The smallest absolute Gasteiger partial charge is 0.105 e. The van der Waals surface area contributed by atoms with Crippen molar-refractivity contribution in [2.75, 3.05) is 26.7 Å². The molecule has 1 fully saturated rings. The van der Waals surface area contributed by atoms with Crippen LogP contribution in [0.4, 0.5) is 0 Å². The maximum Gasteiger partial charge on any atom is 0.105 e. The van der Waals surface area contributed by atoms with Crippen molar-refractivity contribution in [1.82, 2.24) is 19.8 Å². The third kappa shape index (κ3) is 2.83. The van der Waals surface area contributed by atoms with Crippen molar-refractivity contribution in [3.8, 4) is 0 Å². The molecule has 4 nitrogen and oxygen atoms in total. The Bertz CT molecular complexity index is 321. The SMILES string of the molecule is CNC1CCCN(CCn2ccnc2C)C1. The fourth-order valence-corrected chi connectivity index (χ4v) is 2.38. The van der Waals surface area contributed by atoms with Gasteiger partial charge < -0.3 is 14.8 Å².